The second-order valence-electron chi connectivity index (χ2n) is 7.90. The molecule has 1 saturated heterocycles. The maximum Gasteiger partial charge on any atom is 0.243 e. The smallest absolute Gasteiger partial charge is 0.243 e. The van der Waals surface area contributed by atoms with Crippen LogP contribution in [0.2, 0.25) is 5.02 Å². The Morgan fingerprint density at radius 3 is 2.67 bits per heavy atom. The minimum Gasteiger partial charge on any atom is -0.378 e. The van der Waals surface area contributed by atoms with Crippen molar-refractivity contribution < 1.29 is 13.2 Å². The van der Waals surface area contributed by atoms with Crippen LogP contribution < -0.4 is 0 Å². The topological polar surface area (TPSA) is 75.3 Å². The van der Waals surface area contributed by atoms with Gasteiger partial charge in [-0.2, -0.15) is 9.40 Å². The van der Waals surface area contributed by atoms with Crippen LogP contribution >= 0.6 is 11.6 Å². The highest BCUT2D eigenvalue weighted by Gasteiger charge is 2.57. The summed E-state index contributed by atoms with van der Waals surface area (Å²) in [6.07, 6.45) is 6.16. The van der Waals surface area contributed by atoms with Crippen LogP contribution in [0.15, 0.2) is 35.4 Å². The van der Waals surface area contributed by atoms with E-state index in [0.29, 0.717) is 22.3 Å². The summed E-state index contributed by atoms with van der Waals surface area (Å²) in [6.45, 7) is 0. The second-order valence-corrected chi connectivity index (χ2v) is 10.2. The molecule has 1 aromatic heterocycles. The lowest BCUT2D eigenvalue weighted by Gasteiger charge is -2.48. The number of nitrogens with one attached hydrogen (secondary N) is 1. The molecule has 144 valence electrons. The number of hydrogen-bond donors (Lipinski definition) is 1. The normalized spacial score (nSPS) is 29.3. The summed E-state index contributed by atoms with van der Waals surface area (Å²) in [4.78, 5) is 0.292. The molecule has 2 aliphatic heterocycles. The molecule has 3 unspecified atom stereocenters. The number of methoxy groups -OCH3 is 1. The summed E-state index contributed by atoms with van der Waals surface area (Å²) in [7, 11) is -1.84. The van der Waals surface area contributed by atoms with E-state index >= 15 is 0 Å². The Morgan fingerprint density at radius 2 is 2.00 bits per heavy atom. The van der Waals surface area contributed by atoms with E-state index in [1.807, 2.05) is 0 Å². The van der Waals surface area contributed by atoms with Crippen molar-refractivity contribution in [3.05, 3.63) is 46.7 Å². The molecule has 3 aliphatic rings. The summed E-state index contributed by atoms with van der Waals surface area (Å²) in [5.74, 6) is 0.372. The summed E-state index contributed by atoms with van der Waals surface area (Å²) < 4.78 is 34.6. The van der Waals surface area contributed by atoms with Crippen molar-refractivity contribution >= 4 is 21.6 Å². The second kappa shape index (κ2) is 6.04. The Bertz CT molecular complexity index is 968. The fourth-order valence-electron chi connectivity index (χ4n) is 5.03. The molecule has 1 saturated carbocycles. The maximum atomic E-state index is 13.5. The quantitative estimate of drug-likeness (QED) is 0.843. The van der Waals surface area contributed by atoms with E-state index in [-0.39, 0.29) is 17.7 Å². The van der Waals surface area contributed by atoms with Gasteiger partial charge in [0, 0.05) is 35.9 Å². The van der Waals surface area contributed by atoms with Gasteiger partial charge >= 0.3 is 0 Å². The zero-order valence-corrected chi connectivity index (χ0v) is 16.6. The SMILES string of the molecule is COC1(C2CC3Cc4[nH]ncc4C(C2)N3S(=O)(=O)c2ccc(Cl)cc2)CC1. The van der Waals surface area contributed by atoms with Crippen LogP contribution in [-0.2, 0) is 21.2 Å². The molecule has 27 heavy (non-hydrogen) atoms. The monoisotopic (exact) mass is 407 g/mol. The molecule has 1 N–H and O–H groups in total. The highest BCUT2D eigenvalue weighted by atomic mass is 35.5. The molecule has 0 spiro atoms. The van der Waals surface area contributed by atoms with Crippen molar-refractivity contribution in [1.82, 2.24) is 14.5 Å². The van der Waals surface area contributed by atoms with E-state index < -0.39 is 10.0 Å². The van der Waals surface area contributed by atoms with Crippen molar-refractivity contribution in [3.63, 3.8) is 0 Å². The Kier molecular flexibility index (Phi) is 3.95. The van der Waals surface area contributed by atoms with Gasteiger partial charge in [0.2, 0.25) is 10.0 Å². The number of hydrogen-bond acceptors (Lipinski definition) is 4. The maximum absolute atomic E-state index is 13.5. The van der Waals surface area contributed by atoms with Crippen molar-refractivity contribution in [1.29, 1.82) is 0 Å². The van der Waals surface area contributed by atoms with Gasteiger partial charge in [-0.15, -0.1) is 0 Å². The Morgan fingerprint density at radius 1 is 1.26 bits per heavy atom. The fourth-order valence-corrected chi connectivity index (χ4v) is 6.96. The summed E-state index contributed by atoms with van der Waals surface area (Å²) >= 11 is 5.95. The number of halogens is 1. The number of ether oxygens (including phenoxy) is 1. The van der Waals surface area contributed by atoms with Crippen LogP contribution in [0.1, 0.15) is 43.0 Å². The fraction of sp³-hybridized carbons (Fsp3) is 0.526. The summed E-state index contributed by atoms with van der Waals surface area (Å²) in [6, 6.07) is 6.15. The van der Waals surface area contributed by atoms with Gasteiger partial charge in [0.1, 0.15) is 0 Å². The molecule has 0 amide bonds. The number of piperidine rings is 1. The molecular formula is C19H22ClN3O3S. The molecule has 8 heteroatoms. The molecular weight excluding hydrogens is 386 g/mol. The van der Waals surface area contributed by atoms with Crippen molar-refractivity contribution in [3.8, 4) is 0 Å². The van der Waals surface area contributed by atoms with E-state index in [9.17, 15) is 8.42 Å². The number of aromatic amines is 1. The third-order valence-corrected chi connectivity index (χ3v) is 8.79. The number of benzene rings is 1. The molecule has 3 heterocycles. The van der Waals surface area contributed by atoms with Gasteiger partial charge in [-0.05, 0) is 55.9 Å². The first kappa shape index (κ1) is 17.7. The van der Waals surface area contributed by atoms with Crippen LogP contribution in [0.25, 0.3) is 0 Å². The van der Waals surface area contributed by atoms with Gasteiger partial charge in [0.05, 0.1) is 22.7 Å². The van der Waals surface area contributed by atoms with Crippen LogP contribution in [0.4, 0.5) is 0 Å². The predicted molar refractivity (Wildman–Crippen MR) is 101 cm³/mol. The van der Waals surface area contributed by atoms with Gasteiger partial charge in [-0.1, -0.05) is 11.6 Å². The molecule has 1 aromatic carbocycles. The molecule has 5 rings (SSSR count). The first-order valence-corrected chi connectivity index (χ1v) is 11.1. The third-order valence-electron chi connectivity index (χ3n) is 6.56. The van der Waals surface area contributed by atoms with Crippen molar-refractivity contribution in [2.24, 2.45) is 5.92 Å². The molecule has 2 aromatic rings. The standard InChI is InChI=1S/C19H22ClN3O3S/c1-26-19(6-7-19)12-8-14-10-17-16(11-21-22-17)18(9-12)23(14)27(24,25)15-4-2-13(20)3-5-15/h2-5,11-12,14,18H,6-10H2,1H3,(H,21,22). The van der Waals surface area contributed by atoms with Gasteiger partial charge < -0.3 is 4.74 Å². The number of sulfonamides is 1. The average Bonchev–Trinajstić information content (AvgIpc) is 3.32. The molecule has 2 bridgehead atoms. The van der Waals surface area contributed by atoms with Crippen LogP contribution in [0, 0.1) is 5.92 Å². The predicted octanol–water partition coefficient (Wildman–Crippen LogP) is 3.31. The van der Waals surface area contributed by atoms with Crippen molar-refractivity contribution in [2.45, 2.75) is 54.7 Å². The van der Waals surface area contributed by atoms with E-state index in [1.54, 1.807) is 41.9 Å². The Labute approximate surface area is 163 Å². The highest BCUT2D eigenvalue weighted by molar-refractivity contribution is 7.89. The summed E-state index contributed by atoms with van der Waals surface area (Å²) in [5.41, 5.74) is 2.00. The summed E-state index contributed by atoms with van der Waals surface area (Å²) in [5, 5.41) is 7.79. The Balaban J connectivity index is 1.56. The zero-order valence-electron chi connectivity index (χ0n) is 15.1. The minimum atomic E-state index is -3.62. The largest absolute Gasteiger partial charge is 0.378 e. The van der Waals surface area contributed by atoms with Gasteiger partial charge in [-0.3, -0.25) is 5.10 Å². The van der Waals surface area contributed by atoms with Gasteiger partial charge in [0.15, 0.2) is 0 Å². The van der Waals surface area contributed by atoms with Crippen LogP contribution in [0.3, 0.4) is 0 Å². The van der Waals surface area contributed by atoms with Crippen LogP contribution in [0.5, 0.6) is 0 Å². The first-order chi connectivity index (χ1) is 12.9. The minimum absolute atomic E-state index is 0.0616. The number of fused-ring (bicyclic) bond motifs is 4. The van der Waals surface area contributed by atoms with E-state index in [2.05, 4.69) is 10.2 Å². The number of nitrogens with zero attached hydrogens (tertiary/aromatic N) is 2. The number of H-pyrrole nitrogens is 1. The molecule has 2 fully saturated rings. The Hall–Kier alpha value is -1.41. The first-order valence-electron chi connectivity index (χ1n) is 9.31. The van der Waals surface area contributed by atoms with Gasteiger partial charge in [-0.25, -0.2) is 8.42 Å². The lowest BCUT2D eigenvalue weighted by molar-refractivity contribution is -0.0194. The van der Waals surface area contributed by atoms with E-state index in [4.69, 9.17) is 16.3 Å². The average molecular weight is 408 g/mol. The highest BCUT2D eigenvalue weighted by Crippen LogP contribution is 2.56. The molecule has 3 atom stereocenters. The molecule has 1 aliphatic carbocycles. The lowest BCUT2D eigenvalue weighted by atomic mass is 9.76. The molecule has 0 radical (unpaired) electrons. The zero-order chi connectivity index (χ0) is 18.8. The van der Waals surface area contributed by atoms with Gasteiger partial charge in [0.25, 0.3) is 0 Å². The molecule has 6 nitrogen and oxygen atoms in total. The van der Waals surface area contributed by atoms with E-state index in [0.717, 1.165) is 36.9 Å². The number of aromatic nitrogens is 2. The van der Waals surface area contributed by atoms with E-state index in [1.165, 1.54) is 0 Å². The number of rotatable bonds is 4. The van der Waals surface area contributed by atoms with Crippen LogP contribution in [-0.4, -0.2) is 41.7 Å². The lowest BCUT2D eigenvalue weighted by Crippen LogP contribution is -2.53. The third kappa shape index (κ3) is 2.67. The van der Waals surface area contributed by atoms with Crippen molar-refractivity contribution in [2.75, 3.05) is 7.11 Å².